The van der Waals surface area contributed by atoms with Crippen molar-refractivity contribution in [3.63, 3.8) is 0 Å². The minimum Gasteiger partial charge on any atom is -0.354 e. The summed E-state index contributed by atoms with van der Waals surface area (Å²) >= 11 is 0. The molecule has 5 rings (SSSR count). The number of anilines is 2. The Hall–Kier alpha value is -3.29. The van der Waals surface area contributed by atoms with E-state index in [-0.39, 0.29) is 6.03 Å². The third-order valence-corrected chi connectivity index (χ3v) is 4.99. The molecule has 27 heavy (non-hydrogen) atoms. The van der Waals surface area contributed by atoms with Gasteiger partial charge in [-0.3, -0.25) is 9.88 Å². The molecule has 8 heteroatoms. The Morgan fingerprint density at radius 3 is 2.67 bits per heavy atom. The van der Waals surface area contributed by atoms with Crippen LogP contribution in [-0.4, -0.2) is 45.0 Å². The van der Waals surface area contributed by atoms with E-state index in [2.05, 4.69) is 15.1 Å². The first-order valence-corrected chi connectivity index (χ1v) is 8.85. The first-order chi connectivity index (χ1) is 13.2. The van der Waals surface area contributed by atoms with Gasteiger partial charge in [-0.05, 0) is 36.8 Å². The Balaban J connectivity index is 1.37. The average molecular weight is 364 g/mol. The van der Waals surface area contributed by atoms with Gasteiger partial charge in [-0.1, -0.05) is 0 Å². The molecule has 0 saturated carbocycles. The third kappa shape index (κ3) is 2.73. The highest BCUT2D eigenvalue weighted by Gasteiger charge is 2.30. The van der Waals surface area contributed by atoms with E-state index in [0.717, 1.165) is 22.8 Å². The number of fused-ring (bicyclic) bond motifs is 1. The van der Waals surface area contributed by atoms with Crippen molar-refractivity contribution in [3.8, 4) is 11.3 Å². The molecule has 0 radical (unpaired) electrons. The van der Waals surface area contributed by atoms with Crippen molar-refractivity contribution in [2.24, 2.45) is 0 Å². The van der Waals surface area contributed by atoms with Crippen molar-refractivity contribution < 1.29 is 9.18 Å². The summed E-state index contributed by atoms with van der Waals surface area (Å²) in [6, 6.07) is 9.11. The first-order valence-electron chi connectivity index (χ1n) is 8.85. The number of pyridine rings is 2. The molecule has 1 atom stereocenters. The van der Waals surface area contributed by atoms with E-state index in [1.807, 2.05) is 23.1 Å². The summed E-state index contributed by atoms with van der Waals surface area (Å²) in [4.78, 5) is 24.7. The van der Waals surface area contributed by atoms with Crippen LogP contribution in [0.5, 0.6) is 0 Å². The summed E-state index contributed by atoms with van der Waals surface area (Å²) in [5.41, 5.74) is 3.16. The maximum atomic E-state index is 13.4. The molecular formula is C19H17FN6O. The average Bonchev–Trinajstić information content (AvgIpc) is 3.39. The Kier molecular flexibility index (Phi) is 3.63. The topological polar surface area (TPSA) is 67.2 Å². The highest BCUT2D eigenvalue weighted by molar-refractivity contribution is 5.96. The van der Waals surface area contributed by atoms with Crippen molar-refractivity contribution in [1.29, 1.82) is 0 Å². The van der Waals surface area contributed by atoms with Crippen LogP contribution >= 0.6 is 0 Å². The lowest BCUT2D eigenvalue weighted by Gasteiger charge is -2.16. The molecule has 0 N–H and O–H groups in total. The molecule has 0 aliphatic carbocycles. The van der Waals surface area contributed by atoms with Gasteiger partial charge in [0.05, 0.1) is 24.5 Å². The number of nitrogens with zero attached hydrogens (tertiary/aromatic N) is 6. The number of hydrogen-bond donors (Lipinski definition) is 0. The molecule has 0 unspecified atom stereocenters. The van der Waals surface area contributed by atoms with Gasteiger partial charge in [0, 0.05) is 36.4 Å². The van der Waals surface area contributed by atoms with Gasteiger partial charge >= 0.3 is 6.03 Å². The van der Waals surface area contributed by atoms with Gasteiger partial charge in [-0.15, -0.1) is 0 Å². The summed E-state index contributed by atoms with van der Waals surface area (Å²) in [7, 11) is 0. The summed E-state index contributed by atoms with van der Waals surface area (Å²) in [5, 5.41) is 4.45. The molecule has 2 aliphatic rings. The maximum absolute atomic E-state index is 13.4. The zero-order valence-corrected chi connectivity index (χ0v) is 14.5. The molecule has 3 aromatic rings. The number of alkyl halides is 1. The fourth-order valence-corrected chi connectivity index (χ4v) is 3.56. The van der Waals surface area contributed by atoms with E-state index < -0.39 is 6.17 Å². The van der Waals surface area contributed by atoms with Crippen LogP contribution in [0.4, 0.5) is 20.7 Å². The Labute approximate surface area is 155 Å². The van der Waals surface area contributed by atoms with Crippen LogP contribution in [0.2, 0.25) is 0 Å². The summed E-state index contributed by atoms with van der Waals surface area (Å²) in [6.07, 6.45) is 4.82. The van der Waals surface area contributed by atoms with Gasteiger partial charge in [-0.25, -0.2) is 14.2 Å². The molecular weight excluding hydrogens is 347 g/mol. The molecule has 136 valence electrons. The van der Waals surface area contributed by atoms with Gasteiger partial charge in [-0.2, -0.15) is 9.78 Å². The fraction of sp³-hybridized carbons (Fsp3) is 0.263. The second-order valence-corrected chi connectivity index (χ2v) is 6.74. The van der Waals surface area contributed by atoms with Crippen molar-refractivity contribution >= 4 is 17.5 Å². The summed E-state index contributed by atoms with van der Waals surface area (Å²) < 4.78 is 14.8. The summed E-state index contributed by atoms with van der Waals surface area (Å²) in [5.74, 6) is 0.769. The molecule has 1 amide bonds. The minimum absolute atomic E-state index is 0.182. The van der Waals surface area contributed by atoms with Crippen LogP contribution in [-0.2, 0) is 6.54 Å². The van der Waals surface area contributed by atoms with E-state index in [9.17, 15) is 9.18 Å². The van der Waals surface area contributed by atoms with Gasteiger partial charge in [0.2, 0.25) is 0 Å². The predicted octanol–water partition coefficient (Wildman–Crippen LogP) is 2.88. The molecule has 0 spiro atoms. The van der Waals surface area contributed by atoms with Crippen LogP contribution < -0.4 is 9.80 Å². The molecule has 5 heterocycles. The lowest BCUT2D eigenvalue weighted by molar-refractivity contribution is 0.248. The monoisotopic (exact) mass is 364 g/mol. The number of rotatable bonds is 3. The van der Waals surface area contributed by atoms with E-state index in [1.165, 1.54) is 4.68 Å². The summed E-state index contributed by atoms with van der Waals surface area (Å²) in [6.45, 7) is 1.54. The lowest BCUT2D eigenvalue weighted by atomic mass is 10.2. The van der Waals surface area contributed by atoms with Gasteiger partial charge in [0.1, 0.15) is 12.0 Å². The minimum atomic E-state index is -0.781. The van der Waals surface area contributed by atoms with Crippen LogP contribution in [0, 0.1) is 0 Å². The number of carbonyl (C=O) groups is 1. The van der Waals surface area contributed by atoms with E-state index in [1.54, 1.807) is 35.6 Å². The third-order valence-electron chi connectivity index (χ3n) is 4.99. The molecule has 0 aromatic carbocycles. The Morgan fingerprint density at radius 2 is 2.00 bits per heavy atom. The van der Waals surface area contributed by atoms with Gasteiger partial charge in [0.25, 0.3) is 0 Å². The van der Waals surface area contributed by atoms with Crippen molar-refractivity contribution in [3.05, 3.63) is 54.6 Å². The molecule has 1 saturated heterocycles. The molecule has 3 aromatic heterocycles. The highest BCUT2D eigenvalue weighted by atomic mass is 19.1. The molecule has 2 aliphatic heterocycles. The number of carbonyl (C=O) groups excluding carboxylic acids is 1. The van der Waals surface area contributed by atoms with E-state index in [0.29, 0.717) is 31.7 Å². The number of amides is 1. The first kappa shape index (κ1) is 15.9. The van der Waals surface area contributed by atoms with Crippen LogP contribution in [0.1, 0.15) is 12.1 Å². The Bertz CT molecular complexity index is 987. The smallest absolute Gasteiger partial charge is 0.349 e. The Morgan fingerprint density at radius 1 is 1.15 bits per heavy atom. The lowest BCUT2D eigenvalue weighted by Crippen LogP contribution is -2.26. The van der Waals surface area contributed by atoms with Crippen molar-refractivity contribution in [2.45, 2.75) is 19.1 Å². The number of halogens is 1. The largest absolute Gasteiger partial charge is 0.354 e. The second-order valence-electron chi connectivity index (χ2n) is 6.74. The molecule has 0 bridgehead atoms. The molecule has 7 nitrogen and oxygen atoms in total. The fourth-order valence-electron chi connectivity index (χ4n) is 3.56. The van der Waals surface area contributed by atoms with E-state index >= 15 is 0 Å². The molecule has 1 fully saturated rings. The van der Waals surface area contributed by atoms with Crippen LogP contribution in [0.15, 0.2) is 48.9 Å². The zero-order valence-electron chi connectivity index (χ0n) is 14.5. The SMILES string of the molecule is O=C1N(c2ccncc2)Cc2cc(-c3ccc(N4CC[C@H](F)C4)nc3)nn21. The maximum Gasteiger partial charge on any atom is 0.349 e. The highest BCUT2D eigenvalue weighted by Crippen LogP contribution is 2.28. The van der Waals surface area contributed by atoms with Gasteiger partial charge in [0.15, 0.2) is 0 Å². The van der Waals surface area contributed by atoms with E-state index in [4.69, 9.17) is 0 Å². The quantitative estimate of drug-likeness (QED) is 0.715. The van der Waals surface area contributed by atoms with Crippen molar-refractivity contribution in [2.75, 3.05) is 22.9 Å². The van der Waals surface area contributed by atoms with Crippen LogP contribution in [0.3, 0.4) is 0 Å². The normalized spacial score (nSPS) is 19.0. The number of aromatic nitrogens is 4. The van der Waals surface area contributed by atoms with Crippen LogP contribution in [0.25, 0.3) is 11.3 Å². The number of hydrogen-bond acceptors (Lipinski definition) is 5. The standard InChI is InChI=1S/C19H17FN6O/c20-14-5-8-24(11-14)18-2-1-13(10-22-18)17-9-16-12-25(19(27)26(16)23-17)15-3-6-21-7-4-15/h1-4,6-7,9-10,14H,5,8,11-12H2/t14-/m0/s1. The second kappa shape index (κ2) is 6.15. The van der Waals surface area contributed by atoms with Crippen molar-refractivity contribution in [1.82, 2.24) is 19.7 Å². The van der Waals surface area contributed by atoms with Gasteiger partial charge < -0.3 is 4.90 Å². The zero-order chi connectivity index (χ0) is 18.4. The predicted molar refractivity (Wildman–Crippen MR) is 98.4 cm³/mol.